The number of hydrogen-bond acceptors (Lipinski definition) is 4. The first-order chi connectivity index (χ1) is 9.61. The molecule has 0 aliphatic heterocycles. The summed E-state index contributed by atoms with van der Waals surface area (Å²) in [5, 5.41) is 0. The molecule has 0 radical (unpaired) electrons. The average Bonchev–Trinajstić information content (AvgIpc) is 2.42. The molecule has 0 N–H and O–H groups in total. The van der Waals surface area contributed by atoms with Crippen molar-refractivity contribution in [3.63, 3.8) is 0 Å². The second kappa shape index (κ2) is 12.8. The number of amides is 1. The zero-order valence-electron chi connectivity index (χ0n) is 13.2. The third kappa shape index (κ3) is 10.6. The van der Waals surface area contributed by atoms with Crippen LogP contribution in [0.2, 0.25) is 0 Å². The summed E-state index contributed by atoms with van der Waals surface area (Å²) in [6.45, 7) is 4.60. The summed E-state index contributed by atoms with van der Waals surface area (Å²) in [5.41, 5.74) is 0. The molecule has 0 fully saturated rings. The van der Waals surface area contributed by atoms with E-state index in [1.165, 1.54) is 44.1 Å². The highest BCUT2D eigenvalue weighted by Gasteiger charge is 2.14. The third-order valence-electron chi connectivity index (χ3n) is 2.96. The van der Waals surface area contributed by atoms with Gasteiger partial charge in [-0.25, -0.2) is 4.79 Å². The first-order valence-corrected chi connectivity index (χ1v) is 7.65. The molecule has 20 heavy (non-hydrogen) atoms. The highest BCUT2D eigenvalue weighted by Crippen LogP contribution is 2.06. The fourth-order valence-corrected chi connectivity index (χ4v) is 1.78. The van der Waals surface area contributed by atoms with Crippen molar-refractivity contribution in [2.24, 2.45) is 0 Å². The Bertz CT molecular complexity index is 269. The maximum atomic E-state index is 11.5. The summed E-state index contributed by atoms with van der Waals surface area (Å²) in [6.07, 6.45) is 7.78. The summed E-state index contributed by atoms with van der Waals surface area (Å²) in [4.78, 5) is 24.0. The molecule has 118 valence electrons. The molecule has 0 aromatic rings. The zero-order valence-corrected chi connectivity index (χ0v) is 13.2. The van der Waals surface area contributed by atoms with Gasteiger partial charge in [0.1, 0.15) is 6.54 Å². The normalized spacial score (nSPS) is 10.2. The molecule has 1 amide bonds. The van der Waals surface area contributed by atoms with Crippen LogP contribution in [-0.2, 0) is 14.3 Å². The Hall–Kier alpha value is -1.26. The molecule has 0 atom stereocenters. The lowest BCUT2D eigenvalue weighted by atomic mass is 10.1. The number of carbonyl (C=O) groups is 2. The average molecular weight is 287 g/mol. The van der Waals surface area contributed by atoms with E-state index in [1.54, 1.807) is 6.92 Å². The van der Waals surface area contributed by atoms with Gasteiger partial charge in [0.25, 0.3) is 0 Å². The van der Waals surface area contributed by atoms with E-state index in [-0.39, 0.29) is 12.5 Å². The van der Waals surface area contributed by atoms with Gasteiger partial charge in [-0.15, -0.1) is 0 Å². The first kappa shape index (κ1) is 18.7. The molecule has 0 spiro atoms. The van der Waals surface area contributed by atoms with Crippen LogP contribution in [0.3, 0.4) is 0 Å². The van der Waals surface area contributed by atoms with Crippen molar-refractivity contribution < 1.29 is 19.1 Å². The van der Waals surface area contributed by atoms with Gasteiger partial charge >= 0.3 is 12.1 Å². The number of unbranched alkanes of at least 4 members (excludes halogenated alkanes) is 6. The topological polar surface area (TPSA) is 55.8 Å². The van der Waals surface area contributed by atoms with E-state index >= 15 is 0 Å². The molecule has 0 aromatic carbocycles. The fourth-order valence-electron chi connectivity index (χ4n) is 1.78. The largest absolute Gasteiger partial charge is 0.464 e. The van der Waals surface area contributed by atoms with Crippen LogP contribution >= 0.6 is 0 Å². The Morgan fingerprint density at radius 2 is 1.50 bits per heavy atom. The Morgan fingerprint density at radius 3 is 2.10 bits per heavy atom. The van der Waals surface area contributed by atoms with Crippen LogP contribution in [-0.4, -0.2) is 43.8 Å². The molecule has 0 aliphatic carbocycles. The van der Waals surface area contributed by atoms with Crippen molar-refractivity contribution in [2.75, 3.05) is 26.8 Å². The number of nitrogens with zero attached hydrogens (tertiary/aromatic N) is 1. The Labute approximate surface area is 122 Å². The van der Waals surface area contributed by atoms with Crippen LogP contribution in [0.4, 0.5) is 4.79 Å². The predicted octanol–water partition coefficient (Wildman–Crippen LogP) is 3.37. The van der Waals surface area contributed by atoms with Crippen LogP contribution < -0.4 is 0 Å². The van der Waals surface area contributed by atoms with Gasteiger partial charge in [0, 0.05) is 7.05 Å². The summed E-state index contributed by atoms with van der Waals surface area (Å²) < 4.78 is 9.85. The second-order valence-corrected chi connectivity index (χ2v) is 4.90. The Morgan fingerprint density at radius 1 is 0.900 bits per heavy atom. The smallest absolute Gasteiger partial charge is 0.410 e. The van der Waals surface area contributed by atoms with Crippen LogP contribution in [0.1, 0.15) is 58.8 Å². The SMILES string of the molecule is CCCCCCCCCOC(=O)CN(C)C(=O)OCC. The monoisotopic (exact) mass is 287 g/mol. The van der Waals surface area contributed by atoms with Crippen molar-refractivity contribution in [3.8, 4) is 0 Å². The summed E-state index contributed by atoms with van der Waals surface area (Å²) in [6, 6.07) is 0. The Balaban J connectivity index is 3.47. The molecule has 5 nitrogen and oxygen atoms in total. The van der Waals surface area contributed by atoms with Crippen LogP contribution in [0.5, 0.6) is 0 Å². The van der Waals surface area contributed by atoms with Gasteiger partial charge in [0.05, 0.1) is 13.2 Å². The molecule has 0 aromatic heterocycles. The van der Waals surface area contributed by atoms with Crippen molar-refractivity contribution in [1.29, 1.82) is 0 Å². The van der Waals surface area contributed by atoms with E-state index < -0.39 is 6.09 Å². The highest BCUT2D eigenvalue weighted by atomic mass is 16.6. The molecule has 0 saturated carbocycles. The van der Waals surface area contributed by atoms with Gasteiger partial charge in [0.2, 0.25) is 0 Å². The minimum Gasteiger partial charge on any atom is -0.464 e. The van der Waals surface area contributed by atoms with E-state index in [0.717, 1.165) is 12.8 Å². The minimum absolute atomic E-state index is 0.0602. The van der Waals surface area contributed by atoms with Gasteiger partial charge in [-0.1, -0.05) is 45.4 Å². The fraction of sp³-hybridized carbons (Fsp3) is 0.867. The van der Waals surface area contributed by atoms with Gasteiger partial charge in [-0.3, -0.25) is 4.79 Å². The van der Waals surface area contributed by atoms with E-state index in [1.807, 2.05) is 0 Å². The lowest BCUT2D eigenvalue weighted by molar-refractivity contribution is -0.144. The maximum absolute atomic E-state index is 11.5. The first-order valence-electron chi connectivity index (χ1n) is 7.65. The van der Waals surface area contributed by atoms with Crippen molar-refractivity contribution in [3.05, 3.63) is 0 Å². The molecule has 0 heterocycles. The number of carbonyl (C=O) groups excluding carboxylic acids is 2. The van der Waals surface area contributed by atoms with Crippen molar-refractivity contribution in [2.45, 2.75) is 58.8 Å². The van der Waals surface area contributed by atoms with E-state index in [0.29, 0.717) is 13.2 Å². The summed E-state index contributed by atoms with van der Waals surface area (Å²) in [7, 11) is 1.52. The summed E-state index contributed by atoms with van der Waals surface area (Å²) in [5.74, 6) is -0.383. The molecule has 0 unspecified atom stereocenters. The van der Waals surface area contributed by atoms with Gasteiger partial charge in [-0.05, 0) is 13.3 Å². The lowest BCUT2D eigenvalue weighted by Crippen LogP contribution is -2.33. The highest BCUT2D eigenvalue weighted by molar-refractivity contribution is 5.77. The second-order valence-electron chi connectivity index (χ2n) is 4.90. The predicted molar refractivity (Wildman–Crippen MR) is 78.6 cm³/mol. The molecular weight excluding hydrogens is 258 g/mol. The number of esters is 1. The van der Waals surface area contributed by atoms with E-state index in [9.17, 15) is 9.59 Å². The molecule has 0 rings (SSSR count). The zero-order chi connectivity index (χ0) is 15.2. The van der Waals surface area contributed by atoms with E-state index in [4.69, 9.17) is 9.47 Å². The van der Waals surface area contributed by atoms with Gasteiger partial charge < -0.3 is 14.4 Å². The minimum atomic E-state index is -0.500. The number of likely N-dealkylation sites (N-methyl/N-ethyl adjacent to an activating group) is 1. The molecular formula is C15H29NO4. The molecule has 0 aliphatic rings. The number of rotatable bonds is 11. The van der Waals surface area contributed by atoms with Crippen molar-refractivity contribution >= 4 is 12.1 Å². The van der Waals surface area contributed by atoms with Gasteiger partial charge in [0.15, 0.2) is 0 Å². The van der Waals surface area contributed by atoms with Crippen LogP contribution in [0.15, 0.2) is 0 Å². The number of ether oxygens (including phenoxy) is 2. The third-order valence-corrected chi connectivity index (χ3v) is 2.96. The molecule has 0 saturated heterocycles. The quantitative estimate of drug-likeness (QED) is 0.432. The van der Waals surface area contributed by atoms with Crippen LogP contribution in [0.25, 0.3) is 0 Å². The van der Waals surface area contributed by atoms with Crippen molar-refractivity contribution in [1.82, 2.24) is 4.90 Å². The Kier molecular flexibility index (Phi) is 12.0. The lowest BCUT2D eigenvalue weighted by Gasteiger charge is -2.15. The molecule has 5 heteroatoms. The summed E-state index contributed by atoms with van der Waals surface area (Å²) >= 11 is 0. The standard InChI is InChI=1S/C15H29NO4/c1-4-6-7-8-9-10-11-12-20-14(17)13-16(3)15(18)19-5-2/h4-13H2,1-3H3. The van der Waals surface area contributed by atoms with Gasteiger partial charge in [-0.2, -0.15) is 0 Å². The van der Waals surface area contributed by atoms with Crippen LogP contribution in [0, 0.1) is 0 Å². The van der Waals surface area contributed by atoms with E-state index in [2.05, 4.69) is 6.92 Å². The number of hydrogen-bond donors (Lipinski definition) is 0. The maximum Gasteiger partial charge on any atom is 0.410 e. The molecule has 0 bridgehead atoms.